The van der Waals surface area contributed by atoms with Gasteiger partial charge in [-0.15, -0.1) is 0 Å². The summed E-state index contributed by atoms with van der Waals surface area (Å²) in [5.74, 6) is 1.73. The molecule has 0 saturated heterocycles. The fourth-order valence-corrected chi connectivity index (χ4v) is 2.63. The zero-order chi connectivity index (χ0) is 10.8. The largest absolute Gasteiger partial charge is 0.333 e. The summed E-state index contributed by atoms with van der Waals surface area (Å²) in [6, 6.07) is 0.0892. The molecule has 2 rings (SSSR count). The Morgan fingerprint density at radius 1 is 1.60 bits per heavy atom. The monoisotopic (exact) mass is 207 g/mol. The van der Waals surface area contributed by atoms with Crippen molar-refractivity contribution in [1.82, 2.24) is 9.55 Å². The number of imidazole rings is 1. The zero-order valence-corrected chi connectivity index (χ0v) is 9.69. The highest BCUT2D eigenvalue weighted by Crippen LogP contribution is 2.31. The van der Waals surface area contributed by atoms with Gasteiger partial charge in [0.25, 0.3) is 0 Å². The molecule has 0 aliphatic heterocycles. The maximum absolute atomic E-state index is 5.90. The van der Waals surface area contributed by atoms with Crippen LogP contribution < -0.4 is 5.73 Å². The van der Waals surface area contributed by atoms with Crippen LogP contribution in [0.15, 0.2) is 12.5 Å². The minimum Gasteiger partial charge on any atom is -0.333 e. The third-order valence-corrected chi connectivity index (χ3v) is 3.47. The van der Waals surface area contributed by atoms with Crippen LogP contribution in [0.5, 0.6) is 0 Å². The number of nitrogens with zero attached hydrogens (tertiary/aromatic N) is 2. The van der Waals surface area contributed by atoms with Gasteiger partial charge in [-0.05, 0) is 31.6 Å². The molecule has 1 heterocycles. The van der Waals surface area contributed by atoms with Crippen LogP contribution in [-0.4, -0.2) is 9.55 Å². The number of aromatic nitrogens is 2. The van der Waals surface area contributed by atoms with Gasteiger partial charge in [-0.25, -0.2) is 4.98 Å². The lowest BCUT2D eigenvalue weighted by Gasteiger charge is -2.15. The molecular formula is C12H21N3. The number of rotatable bonds is 3. The third-order valence-electron chi connectivity index (χ3n) is 3.47. The minimum absolute atomic E-state index is 0.0892. The summed E-state index contributed by atoms with van der Waals surface area (Å²) in [4.78, 5) is 4.19. The SMILES string of the molecule is CC1CCC(Cn2cncc2C(C)N)C1. The summed E-state index contributed by atoms with van der Waals surface area (Å²) < 4.78 is 2.23. The van der Waals surface area contributed by atoms with Crippen LogP contribution in [0.4, 0.5) is 0 Å². The highest BCUT2D eigenvalue weighted by molar-refractivity contribution is 5.03. The molecule has 1 aliphatic rings. The van der Waals surface area contributed by atoms with Gasteiger partial charge >= 0.3 is 0 Å². The Balaban J connectivity index is 2.01. The van der Waals surface area contributed by atoms with Crippen LogP contribution in [-0.2, 0) is 6.54 Å². The number of nitrogens with two attached hydrogens (primary N) is 1. The second-order valence-electron chi connectivity index (χ2n) is 5.04. The summed E-state index contributed by atoms with van der Waals surface area (Å²) in [6.45, 7) is 5.46. The van der Waals surface area contributed by atoms with Gasteiger partial charge in [0.15, 0.2) is 0 Å². The first kappa shape index (κ1) is 10.7. The molecule has 84 valence electrons. The van der Waals surface area contributed by atoms with Gasteiger partial charge in [0, 0.05) is 18.8 Å². The lowest BCUT2D eigenvalue weighted by molar-refractivity contribution is 0.429. The molecule has 3 heteroatoms. The van der Waals surface area contributed by atoms with Crippen LogP contribution in [0.3, 0.4) is 0 Å². The molecule has 1 saturated carbocycles. The highest BCUT2D eigenvalue weighted by atomic mass is 15.1. The molecule has 1 aromatic heterocycles. The molecule has 0 bridgehead atoms. The standard InChI is InChI=1S/C12H21N3/c1-9-3-4-11(5-9)7-15-8-14-6-12(15)10(2)13/h6,8-11H,3-5,7,13H2,1-2H3. The fraction of sp³-hybridized carbons (Fsp3) is 0.750. The first-order valence-corrected chi connectivity index (χ1v) is 5.92. The van der Waals surface area contributed by atoms with Crippen molar-refractivity contribution in [2.45, 2.75) is 45.7 Å². The molecule has 2 N–H and O–H groups in total. The molecule has 1 fully saturated rings. The molecule has 0 aromatic carbocycles. The van der Waals surface area contributed by atoms with E-state index in [4.69, 9.17) is 5.73 Å². The molecule has 3 atom stereocenters. The predicted octanol–water partition coefficient (Wildman–Crippen LogP) is 2.34. The Labute approximate surface area is 91.7 Å². The minimum atomic E-state index is 0.0892. The average Bonchev–Trinajstić information content (AvgIpc) is 2.75. The second-order valence-corrected chi connectivity index (χ2v) is 5.04. The van der Waals surface area contributed by atoms with E-state index < -0.39 is 0 Å². The molecule has 0 spiro atoms. The molecule has 0 radical (unpaired) electrons. The lowest BCUT2D eigenvalue weighted by atomic mass is 10.1. The van der Waals surface area contributed by atoms with E-state index in [1.807, 2.05) is 19.4 Å². The van der Waals surface area contributed by atoms with Crippen molar-refractivity contribution in [3.05, 3.63) is 18.2 Å². The van der Waals surface area contributed by atoms with Gasteiger partial charge in [0.05, 0.1) is 12.0 Å². The Hall–Kier alpha value is -0.830. The summed E-state index contributed by atoms with van der Waals surface area (Å²) in [6.07, 6.45) is 7.91. The van der Waals surface area contributed by atoms with Gasteiger partial charge < -0.3 is 10.3 Å². The van der Waals surface area contributed by atoms with Crippen LogP contribution in [0, 0.1) is 11.8 Å². The van der Waals surface area contributed by atoms with E-state index in [9.17, 15) is 0 Å². The third kappa shape index (κ3) is 2.40. The summed E-state index contributed by atoms with van der Waals surface area (Å²) in [5.41, 5.74) is 7.06. The van der Waals surface area contributed by atoms with E-state index >= 15 is 0 Å². The summed E-state index contributed by atoms with van der Waals surface area (Å²) >= 11 is 0. The van der Waals surface area contributed by atoms with Crippen molar-refractivity contribution >= 4 is 0 Å². The fourth-order valence-electron chi connectivity index (χ4n) is 2.63. The number of hydrogen-bond acceptors (Lipinski definition) is 2. The topological polar surface area (TPSA) is 43.8 Å². The van der Waals surface area contributed by atoms with Crippen molar-refractivity contribution in [2.24, 2.45) is 17.6 Å². The molecule has 1 aromatic rings. The Morgan fingerprint density at radius 2 is 2.40 bits per heavy atom. The van der Waals surface area contributed by atoms with E-state index in [1.54, 1.807) is 0 Å². The Morgan fingerprint density at radius 3 is 3.00 bits per heavy atom. The maximum atomic E-state index is 5.90. The van der Waals surface area contributed by atoms with Crippen molar-refractivity contribution < 1.29 is 0 Å². The quantitative estimate of drug-likeness (QED) is 0.826. The molecule has 1 aliphatic carbocycles. The van der Waals surface area contributed by atoms with E-state index in [1.165, 1.54) is 19.3 Å². The maximum Gasteiger partial charge on any atom is 0.0948 e. The molecular weight excluding hydrogens is 186 g/mol. The van der Waals surface area contributed by atoms with Crippen LogP contribution in [0.2, 0.25) is 0 Å². The van der Waals surface area contributed by atoms with Gasteiger partial charge in [-0.3, -0.25) is 0 Å². The van der Waals surface area contributed by atoms with Crippen LogP contribution >= 0.6 is 0 Å². The molecule has 15 heavy (non-hydrogen) atoms. The summed E-state index contributed by atoms with van der Waals surface area (Å²) in [7, 11) is 0. The van der Waals surface area contributed by atoms with E-state index in [2.05, 4.69) is 16.5 Å². The second kappa shape index (κ2) is 4.35. The van der Waals surface area contributed by atoms with Crippen molar-refractivity contribution in [2.75, 3.05) is 0 Å². The number of hydrogen-bond donors (Lipinski definition) is 1. The van der Waals surface area contributed by atoms with E-state index in [0.717, 1.165) is 24.1 Å². The first-order chi connectivity index (χ1) is 7.16. The Kier molecular flexibility index (Phi) is 3.10. The van der Waals surface area contributed by atoms with E-state index in [-0.39, 0.29) is 6.04 Å². The van der Waals surface area contributed by atoms with Crippen molar-refractivity contribution in [1.29, 1.82) is 0 Å². The lowest BCUT2D eigenvalue weighted by Crippen LogP contribution is -2.15. The molecule has 3 nitrogen and oxygen atoms in total. The molecule has 3 unspecified atom stereocenters. The van der Waals surface area contributed by atoms with Gasteiger partial charge in [-0.1, -0.05) is 13.3 Å². The van der Waals surface area contributed by atoms with Crippen LogP contribution in [0.1, 0.15) is 44.8 Å². The first-order valence-electron chi connectivity index (χ1n) is 5.92. The highest BCUT2D eigenvalue weighted by Gasteiger charge is 2.22. The average molecular weight is 207 g/mol. The van der Waals surface area contributed by atoms with Crippen molar-refractivity contribution in [3.8, 4) is 0 Å². The van der Waals surface area contributed by atoms with Gasteiger partial charge in [0.1, 0.15) is 0 Å². The zero-order valence-electron chi connectivity index (χ0n) is 9.69. The smallest absolute Gasteiger partial charge is 0.0948 e. The van der Waals surface area contributed by atoms with Gasteiger partial charge in [0.2, 0.25) is 0 Å². The normalized spacial score (nSPS) is 28.2. The Bertz CT molecular complexity index is 316. The molecule has 0 amide bonds. The summed E-state index contributed by atoms with van der Waals surface area (Å²) in [5, 5.41) is 0. The van der Waals surface area contributed by atoms with E-state index in [0.29, 0.717) is 0 Å². The predicted molar refractivity (Wildman–Crippen MR) is 61.3 cm³/mol. The van der Waals surface area contributed by atoms with Crippen molar-refractivity contribution in [3.63, 3.8) is 0 Å². The van der Waals surface area contributed by atoms with Crippen LogP contribution in [0.25, 0.3) is 0 Å². The van der Waals surface area contributed by atoms with Gasteiger partial charge in [-0.2, -0.15) is 0 Å².